The smallest absolute Gasteiger partial charge is 0.363 e. The number of piperidine rings is 1. The van der Waals surface area contributed by atoms with Gasteiger partial charge in [0.2, 0.25) is 0 Å². The molecule has 176 valence electrons. The summed E-state index contributed by atoms with van der Waals surface area (Å²) in [5.41, 5.74) is -0.366. The van der Waals surface area contributed by atoms with Crippen molar-refractivity contribution in [2.75, 3.05) is 11.9 Å². The van der Waals surface area contributed by atoms with Gasteiger partial charge in [0.1, 0.15) is 0 Å². The van der Waals surface area contributed by atoms with E-state index in [0.29, 0.717) is 42.8 Å². The van der Waals surface area contributed by atoms with E-state index in [1.807, 2.05) is 0 Å². The van der Waals surface area contributed by atoms with E-state index in [0.717, 1.165) is 12.4 Å². The standard InChI is InChI=1S/C23H18F5N5O/c24-14-9-30-20(31-10-14)15-3-1-2-4-16(15)22(34)33-11-12-5-18(19(33)6-12)32-21-17(25)7-13(8-29-21)23(26,27)28/h1-4,7-10,12,18-19H,5-6,11H2,(H,29,32). The third-order valence-electron chi connectivity index (χ3n) is 6.25. The Balaban J connectivity index is 1.37. The maximum atomic E-state index is 14.3. The minimum Gasteiger partial charge on any atom is -0.363 e. The molecule has 3 aromatic rings. The number of carbonyl (C=O) groups excluding carboxylic acids is 1. The first-order valence-electron chi connectivity index (χ1n) is 10.6. The van der Waals surface area contributed by atoms with Gasteiger partial charge in [-0.25, -0.2) is 23.7 Å². The lowest BCUT2D eigenvalue weighted by Gasteiger charge is -2.34. The molecule has 1 saturated heterocycles. The molecule has 2 bridgehead atoms. The van der Waals surface area contributed by atoms with E-state index in [9.17, 15) is 26.7 Å². The van der Waals surface area contributed by atoms with Crippen LogP contribution in [-0.2, 0) is 6.18 Å². The van der Waals surface area contributed by atoms with Gasteiger partial charge in [0.05, 0.1) is 29.6 Å². The van der Waals surface area contributed by atoms with Crippen molar-refractivity contribution in [3.05, 3.63) is 71.7 Å². The predicted molar refractivity (Wildman–Crippen MR) is 112 cm³/mol. The summed E-state index contributed by atoms with van der Waals surface area (Å²) in [6.45, 7) is 0.503. The molecule has 34 heavy (non-hydrogen) atoms. The number of alkyl halides is 3. The van der Waals surface area contributed by atoms with Crippen molar-refractivity contribution in [1.29, 1.82) is 0 Å². The number of aromatic nitrogens is 3. The van der Waals surface area contributed by atoms with Crippen LogP contribution in [-0.4, -0.2) is 44.4 Å². The molecule has 6 nitrogen and oxygen atoms in total. The fraction of sp³-hybridized carbons (Fsp3) is 0.304. The zero-order chi connectivity index (χ0) is 24.0. The Hall–Kier alpha value is -3.63. The van der Waals surface area contributed by atoms with Gasteiger partial charge in [-0.3, -0.25) is 4.79 Å². The second-order valence-corrected chi connectivity index (χ2v) is 8.44. The number of nitrogens with zero attached hydrogens (tertiary/aromatic N) is 4. The maximum Gasteiger partial charge on any atom is 0.417 e. The van der Waals surface area contributed by atoms with Crippen molar-refractivity contribution in [3.63, 3.8) is 0 Å². The van der Waals surface area contributed by atoms with Gasteiger partial charge in [-0.1, -0.05) is 18.2 Å². The molecule has 1 aliphatic carbocycles. The average Bonchev–Trinajstić information content (AvgIpc) is 3.40. The van der Waals surface area contributed by atoms with Crippen LogP contribution in [0.5, 0.6) is 0 Å². The molecule has 11 heteroatoms. The van der Waals surface area contributed by atoms with Gasteiger partial charge < -0.3 is 10.2 Å². The van der Waals surface area contributed by atoms with Crippen LogP contribution < -0.4 is 5.32 Å². The Morgan fingerprint density at radius 2 is 1.76 bits per heavy atom. The molecule has 1 saturated carbocycles. The van der Waals surface area contributed by atoms with Gasteiger partial charge >= 0.3 is 6.18 Å². The first-order chi connectivity index (χ1) is 16.2. The number of likely N-dealkylation sites (tertiary alicyclic amines) is 1. The Morgan fingerprint density at radius 3 is 2.44 bits per heavy atom. The number of nitrogens with one attached hydrogen (secondary N) is 1. The van der Waals surface area contributed by atoms with Crippen molar-refractivity contribution in [2.24, 2.45) is 5.92 Å². The summed E-state index contributed by atoms with van der Waals surface area (Å²) in [7, 11) is 0. The van der Waals surface area contributed by atoms with Crippen LogP contribution in [0, 0.1) is 17.6 Å². The van der Waals surface area contributed by atoms with Crippen molar-refractivity contribution in [2.45, 2.75) is 31.1 Å². The number of anilines is 1. The molecule has 1 amide bonds. The third-order valence-corrected chi connectivity index (χ3v) is 6.25. The first kappa shape index (κ1) is 22.2. The molecule has 2 fully saturated rings. The van der Waals surface area contributed by atoms with E-state index < -0.39 is 23.4 Å². The van der Waals surface area contributed by atoms with Gasteiger partial charge in [0.15, 0.2) is 23.3 Å². The summed E-state index contributed by atoms with van der Waals surface area (Å²) >= 11 is 0. The van der Waals surface area contributed by atoms with Gasteiger partial charge in [0.25, 0.3) is 5.91 Å². The first-order valence-corrected chi connectivity index (χ1v) is 10.6. The number of rotatable bonds is 4. The van der Waals surface area contributed by atoms with Crippen LogP contribution in [0.25, 0.3) is 11.4 Å². The van der Waals surface area contributed by atoms with E-state index >= 15 is 0 Å². The fourth-order valence-corrected chi connectivity index (χ4v) is 4.76. The van der Waals surface area contributed by atoms with Crippen molar-refractivity contribution in [3.8, 4) is 11.4 Å². The highest BCUT2D eigenvalue weighted by Gasteiger charge is 2.47. The second-order valence-electron chi connectivity index (χ2n) is 8.44. The molecule has 2 aromatic heterocycles. The Bertz CT molecular complexity index is 1230. The summed E-state index contributed by atoms with van der Waals surface area (Å²) in [6.07, 6.45) is -0.746. The molecule has 1 N–H and O–H groups in total. The molecule has 3 atom stereocenters. The molecular weight excluding hydrogens is 457 g/mol. The largest absolute Gasteiger partial charge is 0.417 e. The van der Waals surface area contributed by atoms with Crippen LogP contribution >= 0.6 is 0 Å². The van der Waals surface area contributed by atoms with Crippen LogP contribution in [0.2, 0.25) is 0 Å². The average molecular weight is 475 g/mol. The summed E-state index contributed by atoms with van der Waals surface area (Å²) in [4.78, 5) is 26.7. The lowest BCUT2D eigenvalue weighted by molar-refractivity contribution is -0.138. The zero-order valence-corrected chi connectivity index (χ0v) is 17.6. The number of amides is 1. The number of halogens is 5. The molecule has 3 heterocycles. The molecule has 1 aliphatic heterocycles. The normalized spacial score (nSPS) is 21.7. The predicted octanol–water partition coefficient (Wildman–Crippen LogP) is 4.55. The zero-order valence-electron chi connectivity index (χ0n) is 17.6. The lowest BCUT2D eigenvalue weighted by Crippen LogP contribution is -2.48. The van der Waals surface area contributed by atoms with Crippen LogP contribution in [0.3, 0.4) is 0 Å². The van der Waals surface area contributed by atoms with E-state index in [-0.39, 0.29) is 35.6 Å². The van der Waals surface area contributed by atoms with Gasteiger partial charge in [0, 0.05) is 24.3 Å². The van der Waals surface area contributed by atoms with Crippen molar-refractivity contribution >= 4 is 11.7 Å². The Labute approximate surface area is 190 Å². The molecular formula is C23H18F5N5O. The Kier molecular flexibility index (Phi) is 5.41. The molecule has 1 aromatic carbocycles. The monoisotopic (exact) mass is 475 g/mol. The van der Waals surface area contributed by atoms with Crippen molar-refractivity contribution in [1.82, 2.24) is 19.9 Å². The molecule has 5 rings (SSSR count). The number of carbonyl (C=O) groups is 1. The summed E-state index contributed by atoms with van der Waals surface area (Å²) in [6, 6.07) is 6.48. The summed E-state index contributed by atoms with van der Waals surface area (Å²) in [5, 5.41) is 2.89. The fourth-order valence-electron chi connectivity index (χ4n) is 4.76. The van der Waals surface area contributed by atoms with E-state index in [1.165, 1.54) is 0 Å². The van der Waals surface area contributed by atoms with Crippen LogP contribution in [0.15, 0.2) is 48.9 Å². The number of fused-ring (bicyclic) bond motifs is 2. The minimum absolute atomic E-state index is 0.165. The van der Waals surface area contributed by atoms with E-state index in [2.05, 4.69) is 20.3 Å². The lowest BCUT2D eigenvalue weighted by atomic mass is 10.0. The van der Waals surface area contributed by atoms with Gasteiger partial charge in [-0.15, -0.1) is 0 Å². The van der Waals surface area contributed by atoms with E-state index in [1.54, 1.807) is 29.2 Å². The molecule has 2 aliphatic rings. The summed E-state index contributed by atoms with van der Waals surface area (Å²) in [5.74, 6) is -1.88. The van der Waals surface area contributed by atoms with E-state index in [4.69, 9.17) is 0 Å². The molecule has 3 unspecified atom stereocenters. The van der Waals surface area contributed by atoms with Gasteiger partial charge in [-0.05, 0) is 30.9 Å². The number of hydrogen-bond donors (Lipinski definition) is 1. The quantitative estimate of drug-likeness (QED) is 0.561. The maximum absolute atomic E-state index is 14.3. The SMILES string of the molecule is O=C(c1ccccc1-c1ncc(F)cn1)N1CC2CC(Nc3ncc(C(F)(F)F)cc3F)C1C2. The second kappa shape index (κ2) is 8.30. The molecule has 0 spiro atoms. The minimum atomic E-state index is -4.69. The topological polar surface area (TPSA) is 71.0 Å². The number of pyridine rings is 1. The highest BCUT2D eigenvalue weighted by atomic mass is 19.4. The Morgan fingerprint density at radius 1 is 1.03 bits per heavy atom. The third kappa shape index (κ3) is 4.06. The van der Waals surface area contributed by atoms with Crippen LogP contribution in [0.4, 0.5) is 27.8 Å². The van der Waals surface area contributed by atoms with Crippen LogP contribution in [0.1, 0.15) is 28.8 Å². The molecule has 0 radical (unpaired) electrons. The summed E-state index contributed by atoms with van der Waals surface area (Å²) < 4.78 is 66.0. The highest BCUT2D eigenvalue weighted by molar-refractivity contribution is 6.00. The number of benzene rings is 1. The van der Waals surface area contributed by atoms with Gasteiger partial charge in [-0.2, -0.15) is 13.2 Å². The van der Waals surface area contributed by atoms with Crippen molar-refractivity contribution < 1.29 is 26.7 Å². The number of hydrogen-bond acceptors (Lipinski definition) is 5. The highest BCUT2D eigenvalue weighted by Crippen LogP contribution is 2.41.